The predicted octanol–water partition coefficient (Wildman–Crippen LogP) is 2.74. The van der Waals surface area contributed by atoms with Crippen molar-refractivity contribution in [2.24, 2.45) is 11.8 Å². The van der Waals surface area contributed by atoms with Crippen molar-refractivity contribution in [2.45, 2.75) is 26.8 Å². The fourth-order valence-electron chi connectivity index (χ4n) is 2.16. The summed E-state index contributed by atoms with van der Waals surface area (Å²) in [5, 5.41) is 5.36. The maximum absolute atomic E-state index is 12.3. The number of ether oxygens (including phenoxy) is 1. The Morgan fingerprint density at radius 2 is 2.19 bits per heavy atom. The van der Waals surface area contributed by atoms with Crippen LogP contribution >= 0.6 is 11.3 Å². The summed E-state index contributed by atoms with van der Waals surface area (Å²) in [6.07, 6.45) is 0. The minimum atomic E-state index is -0.612. The van der Waals surface area contributed by atoms with E-state index in [1.807, 2.05) is 32.9 Å². The molecule has 0 saturated carbocycles. The molecule has 1 aliphatic heterocycles. The zero-order valence-corrected chi connectivity index (χ0v) is 13.3. The van der Waals surface area contributed by atoms with Gasteiger partial charge in [-0.3, -0.25) is 4.79 Å². The van der Waals surface area contributed by atoms with Gasteiger partial charge >= 0.3 is 12.0 Å². The highest BCUT2D eigenvalue weighted by Gasteiger charge is 2.39. The van der Waals surface area contributed by atoms with Gasteiger partial charge in [0.05, 0.1) is 12.6 Å². The van der Waals surface area contributed by atoms with Gasteiger partial charge in [0.25, 0.3) is 0 Å². The van der Waals surface area contributed by atoms with Crippen LogP contribution in [0, 0.1) is 18.8 Å². The number of carbonyl (C=O) groups excluding carboxylic acids is 2. The third-order valence-corrected chi connectivity index (χ3v) is 4.23. The smallest absolute Gasteiger partial charge is 0.319 e. The molecule has 114 valence electrons. The van der Waals surface area contributed by atoms with Crippen molar-refractivity contribution in [3.63, 3.8) is 0 Å². The van der Waals surface area contributed by atoms with E-state index in [1.165, 1.54) is 0 Å². The van der Waals surface area contributed by atoms with Crippen LogP contribution in [0.15, 0.2) is 24.4 Å². The molecular formula is C15H20N2O3S. The van der Waals surface area contributed by atoms with Crippen molar-refractivity contribution in [1.82, 2.24) is 10.6 Å². The van der Waals surface area contributed by atoms with Gasteiger partial charge in [0.2, 0.25) is 0 Å². The Bertz CT molecular complexity index is 565. The molecule has 2 atom stereocenters. The number of rotatable bonds is 4. The summed E-state index contributed by atoms with van der Waals surface area (Å²) in [6, 6.07) is 3.12. The van der Waals surface area contributed by atoms with Crippen molar-refractivity contribution in [3.05, 3.63) is 34.2 Å². The number of hydrogen-bond donors (Lipinski definition) is 2. The van der Waals surface area contributed by atoms with Crippen molar-refractivity contribution in [3.8, 4) is 0 Å². The normalized spacial score (nSPS) is 21.9. The van der Waals surface area contributed by atoms with Crippen LogP contribution in [-0.4, -0.2) is 18.6 Å². The Labute approximate surface area is 128 Å². The van der Waals surface area contributed by atoms with E-state index in [1.54, 1.807) is 11.3 Å². The number of aryl methyl sites for hydroxylation is 1. The lowest BCUT2D eigenvalue weighted by atomic mass is 9.93. The van der Waals surface area contributed by atoms with E-state index in [2.05, 4.69) is 17.2 Å². The van der Waals surface area contributed by atoms with Gasteiger partial charge in [0.15, 0.2) is 0 Å². The average molecular weight is 308 g/mol. The van der Waals surface area contributed by atoms with Crippen molar-refractivity contribution in [2.75, 3.05) is 6.61 Å². The molecule has 0 unspecified atom stereocenters. The molecule has 5 nitrogen and oxygen atoms in total. The fraction of sp³-hybridized carbons (Fsp3) is 0.467. The van der Waals surface area contributed by atoms with Gasteiger partial charge in [-0.05, 0) is 25.0 Å². The summed E-state index contributed by atoms with van der Waals surface area (Å²) in [6.45, 7) is 10.1. The third kappa shape index (κ3) is 3.64. The highest BCUT2D eigenvalue weighted by Crippen LogP contribution is 2.34. The first-order valence-corrected chi connectivity index (χ1v) is 7.69. The molecule has 0 bridgehead atoms. The summed E-state index contributed by atoms with van der Waals surface area (Å²) in [4.78, 5) is 26.1. The maximum Gasteiger partial charge on any atom is 0.319 e. The second-order valence-electron chi connectivity index (χ2n) is 5.55. The van der Waals surface area contributed by atoms with Gasteiger partial charge in [-0.1, -0.05) is 20.4 Å². The molecule has 6 heteroatoms. The predicted molar refractivity (Wildman–Crippen MR) is 81.9 cm³/mol. The molecular weight excluding hydrogens is 288 g/mol. The summed E-state index contributed by atoms with van der Waals surface area (Å²) in [5.41, 5.74) is 0.378. The maximum atomic E-state index is 12.3. The number of urea groups is 1. The number of esters is 1. The van der Waals surface area contributed by atoms with E-state index in [9.17, 15) is 9.59 Å². The van der Waals surface area contributed by atoms with E-state index >= 15 is 0 Å². The van der Waals surface area contributed by atoms with E-state index in [0.29, 0.717) is 12.3 Å². The second-order valence-corrected chi connectivity index (χ2v) is 6.87. The molecule has 0 radical (unpaired) electrons. The van der Waals surface area contributed by atoms with Crippen molar-refractivity contribution >= 4 is 23.3 Å². The second kappa shape index (κ2) is 6.30. The monoisotopic (exact) mass is 308 g/mol. The van der Waals surface area contributed by atoms with Crippen LogP contribution in [0.2, 0.25) is 0 Å². The van der Waals surface area contributed by atoms with E-state index in [-0.39, 0.29) is 17.9 Å². The summed E-state index contributed by atoms with van der Waals surface area (Å²) >= 11 is 1.55. The van der Waals surface area contributed by atoms with Crippen molar-refractivity contribution in [1.29, 1.82) is 0 Å². The molecule has 1 saturated heterocycles. The van der Waals surface area contributed by atoms with Gasteiger partial charge in [-0.2, -0.15) is 0 Å². The minimum Gasteiger partial charge on any atom is -0.465 e. The summed E-state index contributed by atoms with van der Waals surface area (Å²) < 4.78 is 5.32. The molecule has 2 heterocycles. The van der Waals surface area contributed by atoms with E-state index in [4.69, 9.17) is 4.74 Å². The number of hydrogen-bond acceptors (Lipinski definition) is 4. The van der Waals surface area contributed by atoms with Crippen molar-refractivity contribution < 1.29 is 14.3 Å². The molecule has 2 N–H and O–H groups in total. The highest BCUT2D eigenvalue weighted by atomic mass is 32.1. The molecule has 0 aliphatic carbocycles. The van der Waals surface area contributed by atoms with Crippen LogP contribution in [0.1, 0.15) is 29.6 Å². The van der Waals surface area contributed by atoms with Gasteiger partial charge in [-0.25, -0.2) is 4.79 Å². The lowest BCUT2D eigenvalue weighted by Crippen LogP contribution is -2.51. The van der Waals surface area contributed by atoms with Gasteiger partial charge in [-0.15, -0.1) is 11.3 Å². The first-order valence-electron chi connectivity index (χ1n) is 6.87. The van der Waals surface area contributed by atoms with E-state index in [0.717, 1.165) is 9.75 Å². The number of carbonyl (C=O) groups is 2. The van der Waals surface area contributed by atoms with Crippen LogP contribution in [0.5, 0.6) is 0 Å². The molecule has 0 aromatic carbocycles. The molecule has 2 amide bonds. The van der Waals surface area contributed by atoms with Gasteiger partial charge in [0, 0.05) is 15.5 Å². The SMILES string of the molecule is C=C1NC(=O)N[C@@H](c2ccc(C)s2)[C@@H]1C(=O)OCC(C)C. The topological polar surface area (TPSA) is 67.4 Å². The van der Waals surface area contributed by atoms with Crippen LogP contribution in [-0.2, 0) is 9.53 Å². The Morgan fingerprint density at radius 1 is 1.48 bits per heavy atom. The molecule has 1 fully saturated rings. The molecule has 1 aliphatic rings. The van der Waals surface area contributed by atoms with Crippen LogP contribution in [0.3, 0.4) is 0 Å². The first kappa shape index (κ1) is 15.6. The average Bonchev–Trinajstić information content (AvgIpc) is 2.81. The molecule has 2 rings (SSSR count). The van der Waals surface area contributed by atoms with E-state index < -0.39 is 12.0 Å². The number of thiophene rings is 1. The Hall–Kier alpha value is -1.82. The lowest BCUT2D eigenvalue weighted by molar-refractivity contribution is -0.149. The zero-order valence-electron chi connectivity index (χ0n) is 12.4. The molecule has 0 spiro atoms. The quantitative estimate of drug-likeness (QED) is 0.840. The minimum absolute atomic E-state index is 0.260. The summed E-state index contributed by atoms with van der Waals surface area (Å²) in [7, 11) is 0. The van der Waals surface area contributed by atoms with Crippen LogP contribution < -0.4 is 10.6 Å². The molecule has 21 heavy (non-hydrogen) atoms. The highest BCUT2D eigenvalue weighted by molar-refractivity contribution is 7.12. The van der Waals surface area contributed by atoms with Crippen LogP contribution in [0.4, 0.5) is 4.79 Å². The standard InChI is InChI=1S/C15H20N2O3S/c1-8(2)7-20-14(18)12-10(4)16-15(19)17-13(12)11-6-5-9(3)21-11/h5-6,8,12-13H,4,7H2,1-3H3,(H2,16,17,19)/t12-,13+/m1/s1. The van der Waals surface area contributed by atoms with Gasteiger partial charge < -0.3 is 15.4 Å². The Kier molecular flexibility index (Phi) is 4.67. The van der Waals surface area contributed by atoms with Gasteiger partial charge in [0.1, 0.15) is 5.92 Å². The number of nitrogens with one attached hydrogen (secondary N) is 2. The largest absolute Gasteiger partial charge is 0.465 e. The first-order chi connectivity index (χ1) is 9.88. The Morgan fingerprint density at radius 3 is 2.76 bits per heavy atom. The Balaban J connectivity index is 2.22. The third-order valence-electron chi connectivity index (χ3n) is 3.15. The lowest BCUT2D eigenvalue weighted by Gasteiger charge is -2.32. The summed E-state index contributed by atoms with van der Waals surface area (Å²) in [5.74, 6) is -0.715. The van der Waals surface area contributed by atoms with Crippen LogP contribution in [0.25, 0.3) is 0 Å². The fourth-order valence-corrected chi connectivity index (χ4v) is 3.12. The zero-order chi connectivity index (χ0) is 15.6. The molecule has 1 aromatic heterocycles. The molecule has 1 aromatic rings. The number of amides is 2.